The monoisotopic (exact) mass is 529 g/mol. The van der Waals surface area contributed by atoms with E-state index in [0.717, 1.165) is 12.7 Å². The van der Waals surface area contributed by atoms with Crippen molar-refractivity contribution in [3.8, 4) is 0 Å². The third kappa shape index (κ3) is 8.57. The molecule has 38 heavy (non-hydrogen) atoms. The number of nitro benzene ring substituents is 1. The highest BCUT2D eigenvalue weighted by Gasteiger charge is 2.37. The van der Waals surface area contributed by atoms with Crippen molar-refractivity contribution in [1.29, 1.82) is 0 Å². The molecule has 0 aliphatic rings. The molecule has 12 heteroatoms. The fourth-order valence-electron chi connectivity index (χ4n) is 3.65. The van der Waals surface area contributed by atoms with E-state index in [2.05, 4.69) is 10.6 Å². The van der Waals surface area contributed by atoms with Gasteiger partial charge >= 0.3 is 18.0 Å². The molecule has 2 aromatic carbocycles. The van der Waals surface area contributed by atoms with Gasteiger partial charge in [-0.1, -0.05) is 56.3 Å². The van der Waals surface area contributed by atoms with Gasteiger partial charge in [0.15, 0.2) is 0 Å². The van der Waals surface area contributed by atoms with Crippen LogP contribution in [-0.4, -0.2) is 55.2 Å². The van der Waals surface area contributed by atoms with E-state index in [0.29, 0.717) is 5.56 Å². The Kier molecular flexibility index (Phi) is 11.2. The summed E-state index contributed by atoms with van der Waals surface area (Å²) in [6.45, 7) is 3.37. The summed E-state index contributed by atoms with van der Waals surface area (Å²) in [6.07, 6.45) is -1.17. The molecule has 3 atom stereocenters. The molecule has 0 spiro atoms. The van der Waals surface area contributed by atoms with Gasteiger partial charge in [-0.2, -0.15) is 0 Å². The highest BCUT2D eigenvalue weighted by atomic mass is 16.6. The van der Waals surface area contributed by atoms with Crippen molar-refractivity contribution in [3.05, 3.63) is 75.8 Å². The summed E-state index contributed by atoms with van der Waals surface area (Å²) in [5.41, 5.74) is 0.919. The van der Waals surface area contributed by atoms with E-state index in [1.165, 1.54) is 31.4 Å². The van der Waals surface area contributed by atoms with Gasteiger partial charge in [0.1, 0.15) is 18.7 Å². The summed E-state index contributed by atoms with van der Waals surface area (Å²) in [7, 11) is 2.28. The van der Waals surface area contributed by atoms with Crippen LogP contribution in [0.3, 0.4) is 0 Å². The number of benzene rings is 2. The second kappa shape index (κ2) is 14.3. The minimum Gasteiger partial charge on any atom is -0.469 e. The summed E-state index contributed by atoms with van der Waals surface area (Å²) < 4.78 is 14.8. The van der Waals surface area contributed by atoms with Crippen molar-refractivity contribution in [2.45, 2.75) is 44.9 Å². The highest BCUT2D eigenvalue weighted by Crippen LogP contribution is 2.27. The van der Waals surface area contributed by atoms with E-state index in [1.807, 2.05) is 6.07 Å². The highest BCUT2D eigenvalue weighted by molar-refractivity contribution is 5.90. The first-order chi connectivity index (χ1) is 18.1. The Morgan fingerprint density at radius 3 is 2.05 bits per heavy atom. The van der Waals surface area contributed by atoms with Crippen LogP contribution >= 0.6 is 0 Å². The Bertz CT molecular complexity index is 1120. The molecule has 2 rings (SSSR count). The molecule has 2 amide bonds. The lowest BCUT2D eigenvalue weighted by molar-refractivity contribution is -0.384. The number of rotatable bonds is 12. The summed E-state index contributed by atoms with van der Waals surface area (Å²) in [5, 5.41) is 16.1. The predicted molar refractivity (Wildman–Crippen MR) is 135 cm³/mol. The largest absolute Gasteiger partial charge is 0.469 e. The van der Waals surface area contributed by atoms with Crippen LogP contribution in [0.2, 0.25) is 0 Å². The molecular formula is C26H31N3O9. The maximum Gasteiger partial charge on any atom is 0.408 e. The van der Waals surface area contributed by atoms with Crippen LogP contribution < -0.4 is 10.6 Å². The van der Waals surface area contributed by atoms with Crippen molar-refractivity contribution in [3.63, 3.8) is 0 Å². The number of hydrogen-bond donors (Lipinski definition) is 2. The molecule has 0 bridgehead atoms. The molecule has 2 aromatic rings. The van der Waals surface area contributed by atoms with Crippen LogP contribution in [0.4, 0.5) is 10.5 Å². The number of methoxy groups -OCH3 is 2. The third-order valence-corrected chi connectivity index (χ3v) is 5.74. The van der Waals surface area contributed by atoms with Crippen LogP contribution in [0, 0.1) is 16.0 Å². The standard InChI is InChI=1S/C26H31N3O9/c1-16(2)22(28-26(33)38-15-17-8-6-5-7-9-17)24(31)27-23(25(32)37-4)20(14-21(30)36-3)18-10-12-19(13-11-18)29(34)35/h5-13,16,20,22-23H,14-15H2,1-4H3,(H,27,31)(H,28,33)/t20-,22-,23-/m1/s1. The van der Waals surface area contributed by atoms with Crippen LogP contribution in [0.15, 0.2) is 54.6 Å². The first kappa shape index (κ1) is 29.7. The predicted octanol–water partition coefficient (Wildman–Crippen LogP) is 2.85. The van der Waals surface area contributed by atoms with Crippen LogP contribution in [0.1, 0.15) is 37.3 Å². The number of esters is 2. The van der Waals surface area contributed by atoms with E-state index >= 15 is 0 Å². The first-order valence-electron chi connectivity index (χ1n) is 11.7. The number of carbonyl (C=O) groups excluding carboxylic acids is 4. The molecule has 0 aromatic heterocycles. The molecule has 0 aliphatic carbocycles. The van der Waals surface area contributed by atoms with Gasteiger partial charge in [-0.05, 0) is 17.0 Å². The number of nitro groups is 1. The van der Waals surface area contributed by atoms with Crippen molar-refractivity contribution in [2.24, 2.45) is 5.92 Å². The van der Waals surface area contributed by atoms with Gasteiger partial charge in [0.25, 0.3) is 5.69 Å². The second-order valence-electron chi connectivity index (χ2n) is 8.67. The molecule has 0 radical (unpaired) electrons. The fourth-order valence-corrected chi connectivity index (χ4v) is 3.65. The number of amides is 2. The van der Waals surface area contributed by atoms with Crippen LogP contribution in [0.25, 0.3) is 0 Å². The van der Waals surface area contributed by atoms with E-state index in [4.69, 9.17) is 14.2 Å². The van der Waals surface area contributed by atoms with Gasteiger partial charge in [0.05, 0.1) is 25.6 Å². The Morgan fingerprint density at radius 2 is 1.53 bits per heavy atom. The van der Waals surface area contributed by atoms with E-state index in [1.54, 1.807) is 38.1 Å². The average molecular weight is 530 g/mol. The Morgan fingerprint density at radius 1 is 0.895 bits per heavy atom. The number of ether oxygens (including phenoxy) is 3. The summed E-state index contributed by atoms with van der Waals surface area (Å²) in [5.74, 6) is -3.66. The number of carbonyl (C=O) groups is 4. The third-order valence-electron chi connectivity index (χ3n) is 5.74. The number of alkyl carbamates (subject to hydrolysis) is 1. The van der Waals surface area contributed by atoms with Crippen LogP contribution in [0.5, 0.6) is 0 Å². The summed E-state index contributed by atoms with van der Waals surface area (Å²) >= 11 is 0. The summed E-state index contributed by atoms with van der Waals surface area (Å²) in [4.78, 5) is 61.1. The lowest BCUT2D eigenvalue weighted by Gasteiger charge is -2.29. The SMILES string of the molecule is COC(=O)C[C@H](c1ccc([N+](=O)[O-])cc1)[C@@H](NC(=O)[C@H](NC(=O)OCc1ccccc1)C(C)C)C(=O)OC. The molecular weight excluding hydrogens is 498 g/mol. The van der Waals surface area contributed by atoms with E-state index in [9.17, 15) is 29.3 Å². The Balaban J connectivity index is 2.26. The topological polar surface area (TPSA) is 163 Å². The molecule has 0 saturated heterocycles. The van der Waals surface area contributed by atoms with Crippen molar-refractivity contribution < 1.29 is 38.3 Å². The molecule has 0 unspecified atom stereocenters. The van der Waals surface area contributed by atoms with Gasteiger partial charge in [0, 0.05) is 18.1 Å². The molecule has 0 saturated carbocycles. The maximum absolute atomic E-state index is 13.3. The van der Waals surface area contributed by atoms with Gasteiger partial charge in [-0.3, -0.25) is 19.7 Å². The van der Waals surface area contributed by atoms with Crippen molar-refractivity contribution in [1.82, 2.24) is 10.6 Å². The minimum absolute atomic E-state index is 0.00869. The van der Waals surface area contributed by atoms with E-state index in [-0.39, 0.29) is 18.7 Å². The lowest BCUT2D eigenvalue weighted by atomic mass is 9.87. The van der Waals surface area contributed by atoms with E-state index < -0.39 is 52.8 Å². The molecule has 204 valence electrons. The number of non-ortho nitro benzene ring substituents is 1. The maximum atomic E-state index is 13.3. The number of nitrogens with one attached hydrogen (secondary N) is 2. The molecule has 0 fully saturated rings. The molecule has 0 aliphatic heterocycles. The minimum atomic E-state index is -1.38. The van der Waals surface area contributed by atoms with Crippen molar-refractivity contribution >= 4 is 29.6 Å². The second-order valence-corrected chi connectivity index (χ2v) is 8.67. The average Bonchev–Trinajstić information content (AvgIpc) is 2.92. The van der Waals surface area contributed by atoms with Gasteiger partial charge in [0.2, 0.25) is 5.91 Å². The molecule has 12 nitrogen and oxygen atoms in total. The molecule has 2 N–H and O–H groups in total. The Labute approximate surface area is 219 Å². The zero-order chi connectivity index (χ0) is 28.2. The smallest absolute Gasteiger partial charge is 0.408 e. The van der Waals surface area contributed by atoms with Gasteiger partial charge < -0.3 is 24.8 Å². The zero-order valence-electron chi connectivity index (χ0n) is 21.5. The normalized spacial score (nSPS) is 13.0. The first-order valence-corrected chi connectivity index (χ1v) is 11.7. The Hall–Kier alpha value is -4.48. The number of hydrogen-bond acceptors (Lipinski definition) is 9. The van der Waals surface area contributed by atoms with Gasteiger partial charge in [-0.25, -0.2) is 9.59 Å². The van der Waals surface area contributed by atoms with Gasteiger partial charge in [-0.15, -0.1) is 0 Å². The zero-order valence-corrected chi connectivity index (χ0v) is 21.5. The molecule has 0 heterocycles. The van der Waals surface area contributed by atoms with Crippen LogP contribution in [-0.2, 0) is 35.2 Å². The number of nitrogens with zero attached hydrogens (tertiary/aromatic N) is 1. The lowest BCUT2D eigenvalue weighted by Crippen LogP contribution is -2.55. The van der Waals surface area contributed by atoms with Crippen molar-refractivity contribution in [2.75, 3.05) is 14.2 Å². The quantitative estimate of drug-likeness (QED) is 0.182. The summed E-state index contributed by atoms with van der Waals surface area (Å²) in [6, 6.07) is 11.7. The fraction of sp³-hybridized carbons (Fsp3) is 0.385.